The SMILES string of the molecule is COC(=O)c1c(-c2ccc(F)cc2)nc(C(C)C)c(C(Cl)c2ccc(F)c(F)c2F)c1-c1ccc(F)cc1. The third-order valence-electron chi connectivity index (χ3n) is 6.04. The number of hydrogen-bond donors (Lipinski definition) is 0. The van der Waals surface area contributed by atoms with Crippen LogP contribution in [0.1, 0.15) is 52.3 Å². The number of pyridine rings is 1. The lowest BCUT2D eigenvalue weighted by molar-refractivity contribution is 0.0602. The summed E-state index contributed by atoms with van der Waals surface area (Å²) in [6.07, 6.45) is 0. The van der Waals surface area contributed by atoms with E-state index in [1.807, 2.05) is 0 Å². The Kier molecular flexibility index (Phi) is 7.83. The molecule has 0 aliphatic rings. The van der Waals surface area contributed by atoms with Gasteiger partial charge in [0.25, 0.3) is 0 Å². The highest BCUT2D eigenvalue weighted by atomic mass is 35.5. The molecule has 0 saturated carbocycles. The van der Waals surface area contributed by atoms with Gasteiger partial charge in [0.15, 0.2) is 17.5 Å². The van der Waals surface area contributed by atoms with E-state index in [1.54, 1.807) is 13.8 Å². The highest BCUT2D eigenvalue weighted by Gasteiger charge is 2.33. The van der Waals surface area contributed by atoms with E-state index in [9.17, 15) is 26.7 Å². The molecule has 0 radical (unpaired) electrons. The number of rotatable bonds is 6. The quantitative estimate of drug-likeness (QED) is 0.106. The van der Waals surface area contributed by atoms with E-state index in [-0.39, 0.29) is 33.9 Å². The molecule has 0 N–H and O–H groups in total. The molecule has 0 aliphatic carbocycles. The normalized spacial score (nSPS) is 12.1. The van der Waals surface area contributed by atoms with E-state index in [2.05, 4.69) is 4.98 Å². The Balaban J connectivity index is 2.18. The van der Waals surface area contributed by atoms with Crippen LogP contribution in [0.25, 0.3) is 22.4 Å². The maximum absolute atomic E-state index is 14.9. The molecule has 1 aromatic heterocycles. The van der Waals surface area contributed by atoms with Crippen LogP contribution in [0.3, 0.4) is 0 Å². The molecule has 0 aliphatic heterocycles. The van der Waals surface area contributed by atoms with Gasteiger partial charge < -0.3 is 4.74 Å². The summed E-state index contributed by atoms with van der Waals surface area (Å²) < 4.78 is 75.5. The van der Waals surface area contributed by atoms with Crippen molar-refractivity contribution in [2.75, 3.05) is 7.11 Å². The minimum atomic E-state index is -1.70. The number of nitrogens with zero attached hydrogens (tertiary/aromatic N) is 1. The van der Waals surface area contributed by atoms with Crippen LogP contribution in [-0.2, 0) is 4.74 Å². The van der Waals surface area contributed by atoms with Crippen LogP contribution in [0, 0.1) is 29.1 Å². The summed E-state index contributed by atoms with van der Waals surface area (Å²) in [5, 5.41) is -1.44. The average Bonchev–Trinajstić information content (AvgIpc) is 2.90. The third-order valence-corrected chi connectivity index (χ3v) is 6.50. The van der Waals surface area contributed by atoms with Gasteiger partial charge in [-0.25, -0.2) is 26.7 Å². The molecule has 0 bridgehead atoms. The lowest BCUT2D eigenvalue weighted by atomic mass is 9.85. The van der Waals surface area contributed by atoms with Crippen molar-refractivity contribution >= 4 is 17.6 Å². The maximum Gasteiger partial charge on any atom is 0.340 e. The molecule has 38 heavy (non-hydrogen) atoms. The van der Waals surface area contributed by atoms with Crippen LogP contribution in [0.4, 0.5) is 22.0 Å². The van der Waals surface area contributed by atoms with Gasteiger partial charge in [0.1, 0.15) is 11.6 Å². The molecule has 1 atom stereocenters. The van der Waals surface area contributed by atoms with Crippen molar-refractivity contribution in [2.24, 2.45) is 0 Å². The number of methoxy groups -OCH3 is 1. The zero-order valence-electron chi connectivity index (χ0n) is 20.5. The fraction of sp³-hybridized carbons (Fsp3) is 0.172. The molecule has 4 rings (SSSR count). The highest BCUT2D eigenvalue weighted by molar-refractivity contribution is 6.23. The Hall–Kier alpha value is -3.78. The van der Waals surface area contributed by atoms with E-state index >= 15 is 0 Å². The van der Waals surface area contributed by atoms with Crippen molar-refractivity contribution in [3.8, 4) is 22.4 Å². The number of ether oxygens (including phenoxy) is 1. The molecule has 1 unspecified atom stereocenters. The molecule has 3 nitrogen and oxygen atoms in total. The number of halogens is 6. The summed E-state index contributed by atoms with van der Waals surface area (Å²) in [6.45, 7) is 3.55. The van der Waals surface area contributed by atoms with Gasteiger partial charge in [0.2, 0.25) is 0 Å². The first-order chi connectivity index (χ1) is 18.0. The van der Waals surface area contributed by atoms with Gasteiger partial charge in [0.05, 0.1) is 23.7 Å². The van der Waals surface area contributed by atoms with E-state index in [4.69, 9.17) is 16.3 Å². The first-order valence-corrected chi connectivity index (χ1v) is 11.9. The van der Waals surface area contributed by atoms with Crippen LogP contribution >= 0.6 is 11.6 Å². The highest BCUT2D eigenvalue weighted by Crippen LogP contribution is 2.45. The molecule has 0 saturated heterocycles. The van der Waals surface area contributed by atoms with Gasteiger partial charge >= 0.3 is 5.97 Å². The Labute approximate surface area is 220 Å². The van der Waals surface area contributed by atoms with E-state index < -0.39 is 40.4 Å². The van der Waals surface area contributed by atoms with Crippen LogP contribution in [0.15, 0.2) is 60.7 Å². The van der Waals surface area contributed by atoms with E-state index in [0.29, 0.717) is 16.8 Å². The van der Waals surface area contributed by atoms with Crippen LogP contribution in [-0.4, -0.2) is 18.1 Å². The van der Waals surface area contributed by atoms with Gasteiger partial charge in [-0.3, -0.25) is 4.98 Å². The number of aromatic nitrogens is 1. The predicted molar refractivity (Wildman–Crippen MR) is 134 cm³/mol. The second-order valence-corrected chi connectivity index (χ2v) is 9.23. The summed E-state index contributed by atoms with van der Waals surface area (Å²) in [6, 6.07) is 12.1. The molecular weight excluding hydrogens is 525 g/mol. The van der Waals surface area contributed by atoms with Gasteiger partial charge in [-0.15, -0.1) is 11.6 Å². The number of hydrogen-bond acceptors (Lipinski definition) is 3. The zero-order chi connectivity index (χ0) is 27.7. The molecule has 196 valence electrons. The molecule has 4 aromatic rings. The minimum absolute atomic E-state index is 0.0984. The van der Waals surface area contributed by atoms with Crippen LogP contribution < -0.4 is 0 Å². The molecule has 0 fully saturated rings. The Bertz CT molecular complexity index is 1510. The molecule has 1 heterocycles. The molecule has 3 aromatic carbocycles. The fourth-order valence-electron chi connectivity index (χ4n) is 4.24. The Morgan fingerprint density at radius 1 is 0.816 bits per heavy atom. The topological polar surface area (TPSA) is 39.2 Å². The van der Waals surface area contributed by atoms with Crippen LogP contribution in [0.5, 0.6) is 0 Å². The lowest BCUT2D eigenvalue weighted by Gasteiger charge is -2.25. The van der Waals surface area contributed by atoms with Crippen molar-refractivity contribution in [1.29, 1.82) is 0 Å². The summed E-state index contributed by atoms with van der Waals surface area (Å²) in [5.41, 5.74) is 0.890. The lowest BCUT2D eigenvalue weighted by Crippen LogP contribution is -2.16. The minimum Gasteiger partial charge on any atom is -0.465 e. The number of carbonyl (C=O) groups excluding carboxylic acids is 1. The summed E-state index contributed by atoms with van der Waals surface area (Å²) in [5.74, 6) is -6.87. The van der Waals surface area contributed by atoms with E-state index in [0.717, 1.165) is 31.4 Å². The standard InChI is InChI=1S/C29H21ClF5NO2/c1-14(2)27-22(24(30)19-12-13-20(33)26(35)25(19)34)21(15-4-8-17(31)9-5-15)23(29(37)38-3)28(36-27)16-6-10-18(32)11-7-16/h4-14,24H,1-3H3. The number of benzene rings is 3. The maximum atomic E-state index is 14.9. The average molecular weight is 546 g/mol. The summed E-state index contributed by atoms with van der Waals surface area (Å²) >= 11 is 6.79. The molecule has 0 amide bonds. The number of esters is 1. The monoisotopic (exact) mass is 545 g/mol. The molecule has 9 heteroatoms. The van der Waals surface area contributed by atoms with Crippen molar-refractivity contribution in [3.63, 3.8) is 0 Å². The Morgan fingerprint density at radius 2 is 1.37 bits per heavy atom. The smallest absolute Gasteiger partial charge is 0.340 e. The largest absolute Gasteiger partial charge is 0.465 e. The zero-order valence-corrected chi connectivity index (χ0v) is 21.2. The van der Waals surface area contributed by atoms with Gasteiger partial charge in [-0.2, -0.15) is 0 Å². The first-order valence-electron chi connectivity index (χ1n) is 11.5. The number of carbonyl (C=O) groups is 1. The first kappa shape index (κ1) is 27.3. The molecular formula is C29H21ClF5NO2. The third kappa shape index (κ3) is 5.00. The second-order valence-electron chi connectivity index (χ2n) is 8.80. The van der Waals surface area contributed by atoms with Gasteiger partial charge in [0, 0.05) is 27.9 Å². The van der Waals surface area contributed by atoms with Gasteiger partial charge in [-0.1, -0.05) is 32.0 Å². The molecule has 0 spiro atoms. The van der Waals surface area contributed by atoms with Crippen molar-refractivity contribution < 1.29 is 31.5 Å². The van der Waals surface area contributed by atoms with Gasteiger partial charge in [-0.05, 0) is 53.9 Å². The second kappa shape index (κ2) is 10.9. The fourth-order valence-corrected chi connectivity index (χ4v) is 4.63. The number of alkyl halides is 1. The van der Waals surface area contributed by atoms with E-state index in [1.165, 1.54) is 36.4 Å². The predicted octanol–water partition coefficient (Wildman–Crippen LogP) is 8.35. The van der Waals surface area contributed by atoms with Crippen molar-refractivity contribution in [1.82, 2.24) is 4.98 Å². The van der Waals surface area contributed by atoms with Crippen molar-refractivity contribution in [2.45, 2.75) is 25.1 Å². The Morgan fingerprint density at radius 3 is 1.89 bits per heavy atom. The summed E-state index contributed by atoms with van der Waals surface area (Å²) in [4.78, 5) is 17.9. The summed E-state index contributed by atoms with van der Waals surface area (Å²) in [7, 11) is 1.15. The van der Waals surface area contributed by atoms with Crippen molar-refractivity contribution in [3.05, 3.63) is 112 Å². The van der Waals surface area contributed by atoms with Crippen LogP contribution in [0.2, 0.25) is 0 Å².